The van der Waals surface area contributed by atoms with Crippen LogP contribution >= 0.6 is 0 Å². The van der Waals surface area contributed by atoms with Crippen molar-refractivity contribution < 1.29 is 9.90 Å². The van der Waals surface area contributed by atoms with Crippen LogP contribution in [0, 0.1) is 6.92 Å². The first-order chi connectivity index (χ1) is 13.4. The standard InChI is InChI=1S/C19H17N5O4/c1-11-5-3-4-6-14(11)24-18(27)15(17(26)21-19(24)28)12(2)22-23-16(25)13-7-9-20-10-8-13/h3-10,27H,1-2H3,(H,23,25)(H,21,26,28). The summed E-state index contributed by atoms with van der Waals surface area (Å²) in [5, 5.41) is 14.5. The summed E-state index contributed by atoms with van der Waals surface area (Å²) in [4.78, 5) is 42.6. The molecule has 0 unspecified atom stereocenters. The number of nitrogens with one attached hydrogen (secondary N) is 2. The van der Waals surface area contributed by atoms with Gasteiger partial charge in [-0.1, -0.05) is 18.2 Å². The summed E-state index contributed by atoms with van der Waals surface area (Å²) < 4.78 is 0.982. The van der Waals surface area contributed by atoms with Gasteiger partial charge >= 0.3 is 5.69 Å². The molecule has 142 valence electrons. The zero-order valence-corrected chi connectivity index (χ0v) is 15.1. The van der Waals surface area contributed by atoms with Gasteiger partial charge in [0.15, 0.2) is 0 Å². The number of H-pyrrole nitrogens is 1. The Kier molecular flexibility index (Phi) is 5.16. The first-order valence-electron chi connectivity index (χ1n) is 8.29. The van der Waals surface area contributed by atoms with E-state index in [0.717, 1.165) is 10.1 Å². The first-order valence-corrected chi connectivity index (χ1v) is 8.29. The van der Waals surface area contributed by atoms with E-state index in [1.165, 1.54) is 31.5 Å². The van der Waals surface area contributed by atoms with Gasteiger partial charge in [-0.15, -0.1) is 0 Å². The van der Waals surface area contributed by atoms with Gasteiger partial charge in [0, 0.05) is 18.0 Å². The molecule has 0 bridgehead atoms. The van der Waals surface area contributed by atoms with E-state index in [4.69, 9.17) is 0 Å². The van der Waals surface area contributed by atoms with Crippen molar-refractivity contribution in [3.05, 3.63) is 86.3 Å². The first kappa shape index (κ1) is 18.8. The van der Waals surface area contributed by atoms with Gasteiger partial charge in [-0.2, -0.15) is 5.10 Å². The van der Waals surface area contributed by atoms with Gasteiger partial charge in [0.05, 0.1) is 11.4 Å². The Labute approximate surface area is 159 Å². The molecule has 3 aromatic rings. The maximum atomic E-state index is 12.3. The highest BCUT2D eigenvalue weighted by Crippen LogP contribution is 2.19. The zero-order valence-electron chi connectivity index (χ0n) is 15.1. The highest BCUT2D eigenvalue weighted by Gasteiger charge is 2.19. The zero-order chi connectivity index (χ0) is 20.3. The molecule has 0 atom stereocenters. The predicted octanol–water partition coefficient (Wildman–Crippen LogP) is 1.09. The molecule has 0 radical (unpaired) electrons. The number of rotatable bonds is 4. The fourth-order valence-electron chi connectivity index (χ4n) is 2.65. The summed E-state index contributed by atoms with van der Waals surface area (Å²) in [5.74, 6) is -1.08. The van der Waals surface area contributed by atoms with Gasteiger partial charge < -0.3 is 5.11 Å². The summed E-state index contributed by atoms with van der Waals surface area (Å²) in [5.41, 5.74) is 1.98. The molecule has 1 aromatic carbocycles. The molecule has 0 aliphatic heterocycles. The summed E-state index contributed by atoms with van der Waals surface area (Å²) in [6.07, 6.45) is 2.92. The third kappa shape index (κ3) is 3.58. The highest BCUT2D eigenvalue weighted by molar-refractivity contribution is 6.02. The number of carbonyl (C=O) groups excluding carboxylic acids is 1. The van der Waals surface area contributed by atoms with E-state index in [-0.39, 0.29) is 11.3 Å². The van der Waals surface area contributed by atoms with E-state index < -0.39 is 23.0 Å². The molecule has 9 heteroatoms. The molecule has 28 heavy (non-hydrogen) atoms. The van der Waals surface area contributed by atoms with Crippen molar-refractivity contribution in [1.82, 2.24) is 20.0 Å². The van der Waals surface area contributed by atoms with Gasteiger partial charge in [0.1, 0.15) is 5.56 Å². The minimum Gasteiger partial charge on any atom is -0.493 e. The Morgan fingerprint density at radius 2 is 1.86 bits per heavy atom. The van der Waals surface area contributed by atoms with E-state index in [2.05, 4.69) is 20.5 Å². The summed E-state index contributed by atoms with van der Waals surface area (Å²) in [6, 6.07) is 9.90. The minimum absolute atomic E-state index is 0.0310. The number of carbonyl (C=O) groups is 1. The van der Waals surface area contributed by atoms with Crippen molar-refractivity contribution in [2.75, 3.05) is 0 Å². The number of aryl methyl sites for hydroxylation is 1. The SMILES string of the molecule is CC(=NNC(=O)c1ccncc1)c1c(O)n(-c2ccccc2C)c(=O)[nH]c1=O. The van der Waals surface area contributed by atoms with Crippen LogP contribution in [0.2, 0.25) is 0 Å². The van der Waals surface area contributed by atoms with Crippen LogP contribution in [-0.4, -0.2) is 31.3 Å². The van der Waals surface area contributed by atoms with Crippen molar-refractivity contribution in [2.45, 2.75) is 13.8 Å². The topological polar surface area (TPSA) is 129 Å². The van der Waals surface area contributed by atoms with E-state index in [1.54, 1.807) is 31.2 Å². The Balaban J connectivity index is 2.03. The van der Waals surface area contributed by atoms with Crippen LogP contribution in [-0.2, 0) is 0 Å². The smallest absolute Gasteiger partial charge is 0.335 e. The summed E-state index contributed by atoms with van der Waals surface area (Å²) in [7, 11) is 0. The number of hydrogen-bond donors (Lipinski definition) is 3. The van der Waals surface area contributed by atoms with Crippen LogP contribution in [0.15, 0.2) is 63.5 Å². The lowest BCUT2D eigenvalue weighted by Crippen LogP contribution is -2.33. The summed E-state index contributed by atoms with van der Waals surface area (Å²) in [6.45, 7) is 3.20. The Morgan fingerprint density at radius 3 is 2.54 bits per heavy atom. The van der Waals surface area contributed by atoms with Gasteiger partial charge in [0.2, 0.25) is 5.88 Å². The second-order valence-electron chi connectivity index (χ2n) is 5.95. The Hall–Kier alpha value is -4.01. The Morgan fingerprint density at radius 1 is 1.18 bits per heavy atom. The highest BCUT2D eigenvalue weighted by atomic mass is 16.3. The van der Waals surface area contributed by atoms with Crippen molar-refractivity contribution in [3.63, 3.8) is 0 Å². The van der Waals surface area contributed by atoms with Crippen molar-refractivity contribution in [3.8, 4) is 11.6 Å². The average molecular weight is 379 g/mol. The van der Waals surface area contributed by atoms with E-state index >= 15 is 0 Å². The van der Waals surface area contributed by atoms with Gasteiger partial charge in [-0.25, -0.2) is 14.8 Å². The number of amides is 1. The number of para-hydroxylation sites is 1. The normalized spacial score (nSPS) is 11.3. The van der Waals surface area contributed by atoms with Crippen LogP contribution in [0.3, 0.4) is 0 Å². The monoisotopic (exact) mass is 379 g/mol. The average Bonchev–Trinajstić information content (AvgIpc) is 2.68. The fourth-order valence-corrected chi connectivity index (χ4v) is 2.65. The number of pyridine rings is 1. The maximum absolute atomic E-state index is 12.3. The largest absolute Gasteiger partial charge is 0.493 e. The molecule has 2 heterocycles. The van der Waals surface area contributed by atoms with Crippen molar-refractivity contribution in [2.24, 2.45) is 5.10 Å². The molecule has 2 aromatic heterocycles. The quantitative estimate of drug-likeness (QED) is 0.461. The number of hydrogen-bond acceptors (Lipinski definition) is 6. The summed E-state index contributed by atoms with van der Waals surface area (Å²) >= 11 is 0. The molecule has 0 saturated heterocycles. The lowest BCUT2D eigenvalue weighted by molar-refractivity contribution is 0.0954. The van der Waals surface area contributed by atoms with Crippen LogP contribution in [0.5, 0.6) is 5.88 Å². The molecular weight excluding hydrogens is 362 g/mol. The second-order valence-corrected chi connectivity index (χ2v) is 5.95. The molecule has 3 N–H and O–H groups in total. The van der Waals surface area contributed by atoms with Crippen molar-refractivity contribution in [1.29, 1.82) is 0 Å². The lowest BCUT2D eigenvalue weighted by Gasteiger charge is -2.13. The molecule has 9 nitrogen and oxygen atoms in total. The molecule has 0 spiro atoms. The number of aromatic hydroxyl groups is 1. The molecule has 0 aliphatic carbocycles. The van der Waals surface area contributed by atoms with Crippen LogP contribution < -0.4 is 16.7 Å². The number of nitrogens with zero attached hydrogens (tertiary/aromatic N) is 3. The van der Waals surface area contributed by atoms with Crippen LogP contribution in [0.4, 0.5) is 0 Å². The lowest BCUT2D eigenvalue weighted by atomic mass is 10.1. The number of aromatic amines is 1. The molecule has 1 amide bonds. The van der Waals surface area contributed by atoms with Crippen LogP contribution in [0.1, 0.15) is 28.4 Å². The third-order valence-electron chi connectivity index (χ3n) is 4.07. The molecule has 3 rings (SSSR count). The van der Waals surface area contributed by atoms with Gasteiger partial charge in [-0.3, -0.25) is 19.6 Å². The van der Waals surface area contributed by atoms with Crippen LogP contribution in [0.25, 0.3) is 5.69 Å². The molecule has 0 aliphatic rings. The van der Waals surface area contributed by atoms with E-state index in [9.17, 15) is 19.5 Å². The molecule has 0 fully saturated rings. The molecular formula is C19H17N5O4. The minimum atomic E-state index is -0.813. The fraction of sp³-hybridized carbons (Fsp3) is 0.105. The van der Waals surface area contributed by atoms with Crippen molar-refractivity contribution >= 4 is 11.6 Å². The predicted molar refractivity (Wildman–Crippen MR) is 103 cm³/mol. The third-order valence-corrected chi connectivity index (χ3v) is 4.07. The Bertz CT molecular complexity index is 1180. The number of hydrazone groups is 1. The number of aromatic nitrogens is 3. The van der Waals surface area contributed by atoms with E-state index in [0.29, 0.717) is 11.3 Å². The molecule has 0 saturated carbocycles. The van der Waals surface area contributed by atoms with Gasteiger partial charge in [-0.05, 0) is 37.6 Å². The van der Waals surface area contributed by atoms with Gasteiger partial charge in [0.25, 0.3) is 11.5 Å². The second kappa shape index (κ2) is 7.70. The number of benzene rings is 1. The van der Waals surface area contributed by atoms with E-state index in [1.807, 2.05) is 0 Å². The maximum Gasteiger partial charge on any atom is 0.335 e.